The van der Waals surface area contributed by atoms with Crippen LogP contribution in [-0.4, -0.2) is 36.1 Å². The zero-order valence-corrected chi connectivity index (χ0v) is 18.6. The number of hydrogen-bond acceptors (Lipinski definition) is 4. The zero-order valence-electron chi connectivity index (χ0n) is 17.1. The van der Waals surface area contributed by atoms with Crippen molar-refractivity contribution in [3.63, 3.8) is 0 Å². The average Bonchev–Trinajstić information content (AvgIpc) is 3.08. The van der Waals surface area contributed by atoms with Crippen molar-refractivity contribution in [3.8, 4) is 0 Å². The molecule has 1 amide bonds. The molecule has 6 nitrogen and oxygen atoms in total. The van der Waals surface area contributed by atoms with E-state index >= 15 is 0 Å². The van der Waals surface area contributed by atoms with Crippen LogP contribution in [0.3, 0.4) is 0 Å². The summed E-state index contributed by atoms with van der Waals surface area (Å²) >= 11 is 5.89. The van der Waals surface area contributed by atoms with Crippen molar-refractivity contribution in [3.05, 3.63) is 75.8 Å². The van der Waals surface area contributed by atoms with Crippen molar-refractivity contribution in [2.45, 2.75) is 38.3 Å². The molecule has 0 saturated heterocycles. The molecule has 162 valence electrons. The van der Waals surface area contributed by atoms with Crippen molar-refractivity contribution < 1.29 is 22.7 Å². The van der Waals surface area contributed by atoms with Gasteiger partial charge in [-0.25, -0.2) is 4.39 Å². The largest absolute Gasteiger partial charge is 0.509 e. The van der Waals surface area contributed by atoms with E-state index in [1.807, 2.05) is 20.8 Å². The second kappa shape index (κ2) is 7.17. The van der Waals surface area contributed by atoms with Crippen molar-refractivity contribution in [2.75, 3.05) is 0 Å². The minimum atomic E-state index is -3.97. The van der Waals surface area contributed by atoms with E-state index < -0.39 is 33.2 Å². The lowest BCUT2D eigenvalue weighted by molar-refractivity contribution is -0.129. The summed E-state index contributed by atoms with van der Waals surface area (Å²) < 4.78 is 42.3. The maximum atomic E-state index is 13.6. The highest BCUT2D eigenvalue weighted by Crippen LogP contribution is 2.41. The van der Waals surface area contributed by atoms with Gasteiger partial charge in [-0.2, -0.15) is 12.8 Å². The highest BCUT2D eigenvalue weighted by atomic mass is 35.5. The molecule has 0 aromatic heterocycles. The lowest BCUT2D eigenvalue weighted by Gasteiger charge is -2.35. The maximum Gasteiger partial charge on any atom is 0.283 e. The first-order chi connectivity index (χ1) is 14.4. The number of carbonyl (C=O) groups is 1. The normalized spacial score (nSPS) is 20.3. The average molecular weight is 463 g/mol. The van der Waals surface area contributed by atoms with Gasteiger partial charge >= 0.3 is 0 Å². The molecule has 0 bridgehead atoms. The lowest BCUT2D eigenvalue weighted by Crippen LogP contribution is -2.43. The highest BCUT2D eigenvalue weighted by Gasteiger charge is 2.48. The topological polar surface area (TPSA) is 87.0 Å². The van der Waals surface area contributed by atoms with Crippen molar-refractivity contribution in [1.82, 2.24) is 4.90 Å². The molecule has 2 heterocycles. The Morgan fingerprint density at radius 2 is 1.87 bits per heavy atom. The van der Waals surface area contributed by atoms with Gasteiger partial charge in [0.25, 0.3) is 15.9 Å². The Hall–Kier alpha value is -2.71. The number of nitrogens with zero attached hydrogens (tertiary/aromatic N) is 2. The number of fused-ring (bicyclic) bond motifs is 1. The fourth-order valence-electron chi connectivity index (χ4n) is 4.04. The van der Waals surface area contributed by atoms with Crippen LogP contribution in [0.5, 0.6) is 0 Å². The van der Waals surface area contributed by atoms with Gasteiger partial charge in [-0.05, 0) is 29.2 Å². The second-order valence-electron chi connectivity index (χ2n) is 8.62. The Labute approximate surface area is 184 Å². The molecule has 0 saturated carbocycles. The molecule has 9 heteroatoms. The lowest BCUT2D eigenvalue weighted by atomic mass is 9.84. The summed E-state index contributed by atoms with van der Waals surface area (Å²) in [5, 5.41) is 11.0. The monoisotopic (exact) mass is 462 g/mol. The van der Waals surface area contributed by atoms with Crippen LogP contribution in [0.25, 0.3) is 0 Å². The number of aliphatic hydroxyl groups is 1. The Morgan fingerprint density at radius 1 is 1.19 bits per heavy atom. The summed E-state index contributed by atoms with van der Waals surface area (Å²) in [5.41, 5.74) is 0.0675. The molecule has 2 aromatic rings. The second-order valence-corrected chi connectivity index (χ2v) is 10.6. The molecule has 0 spiro atoms. The third-order valence-electron chi connectivity index (χ3n) is 5.33. The van der Waals surface area contributed by atoms with E-state index in [1.54, 1.807) is 18.2 Å². The molecule has 1 N–H and O–H groups in total. The molecular formula is C22H20ClFN2O4S. The summed E-state index contributed by atoms with van der Waals surface area (Å²) in [7, 11) is -3.97. The molecule has 2 aliphatic heterocycles. The molecule has 2 aromatic carbocycles. The quantitative estimate of drug-likeness (QED) is 0.739. The Morgan fingerprint density at radius 3 is 2.52 bits per heavy atom. The van der Waals surface area contributed by atoms with Gasteiger partial charge in [0, 0.05) is 12.1 Å². The number of aliphatic hydroxyl groups excluding tert-OH is 1. The third kappa shape index (κ3) is 3.53. The fraction of sp³-hybridized carbons (Fsp3) is 0.273. The SMILES string of the molecule is CC(C)(C)C1C(O)=C(C2=NS(=O)(=O)c3ccccc32)C(=O)N1Cc1ccc(F)c(Cl)c1. The van der Waals surface area contributed by atoms with E-state index in [2.05, 4.69) is 4.40 Å². The van der Waals surface area contributed by atoms with Crippen LogP contribution in [0.4, 0.5) is 4.39 Å². The summed E-state index contributed by atoms with van der Waals surface area (Å²) in [4.78, 5) is 14.9. The highest BCUT2D eigenvalue weighted by molar-refractivity contribution is 7.90. The van der Waals surface area contributed by atoms with Gasteiger partial charge in [-0.3, -0.25) is 4.79 Å². The first-order valence-electron chi connectivity index (χ1n) is 9.54. The van der Waals surface area contributed by atoms with E-state index in [-0.39, 0.29) is 39.1 Å². The van der Waals surface area contributed by atoms with Crippen molar-refractivity contribution in [1.29, 1.82) is 0 Å². The first-order valence-corrected chi connectivity index (χ1v) is 11.4. The predicted octanol–water partition coefficient (Wildman–Crippen LogP) is 4.24. The number of amides is 1. The molecule has 0 radical (unpaired) electrons. The minimum absolute atomic E-state index is 0.00539. The van der Waals surface area contributed by atoms with Gasteiger partial charge in [0.15, 0.2) is 0 Å². The Kier molecular flexibility index (Phi) is 4.98. The summed E-state index contributed by atoms with van der Waals surface area (Å²) in [6.07, 6.45) is 0. The predicted molar refractivity (Wildman–Crippen MR) is 115 cm³/mol. The standard InChI is InChI=1S/C22H20ClFN2O4S/c1-22(2,3)20-19(27)17(18-13-6-4-5-7-16(13)31(29,30)25-18)21(28)26(20)11-12-8-9-15(24)14(23)10-12/h4-10,20,27H,11H2,1-3H3. The van der Waals surface area contributed by atoms with Gasteiger partial charge in [0.2, 0.25) is 0 Å². The van der Waals surface area contributed by atoms with E-state index in [9.17, 15) is 22.7 Å². The van der Waals surface area contributed by atoms with Crippen LogP contribution in [0.1, 0.15) is 31.9 Å². The fourth-order valence-corrected chi connectivity index (χ4v) is 5.46. The van der Waals surface area contributed by atoms with Crippen LogP contribution in [0.2, 0.25) is 5.02 Å². The third-order valence-corrected chi connectivity index (χ3v) is 6.95. The molecule has 1 unspecified atom stereocenters. The van der Waals surface area contributed by atoms with Gasteiger partial charge in [0.1, 0.15) is 22.9 Å². The van der Waals surface area contributed by atoms with Gasteiger partial charge < -0.3 is 10.0 Å². The summed E-state index contributed by atoms with van der Waals surface area (Å²) in [6.45, 7) is 5.62. The molecular weight excluding hydrogens is 443 g/mol. The molecule has 4 rings (SSSR count). The molecule has 2 aliphatic rings. The van der Waals surface area contributed by atoms with Gasteiger partial charge in [-0.15, -0.1) is 0 Å². The van der Waals surface area contributed by atoms with Gasteiger partial charge in [0.05, 0.1) is 16.0 Å². The van der Waals surface area contributed by atoms with Crippen molar-refractivity contribution in [2.24, 2.45) is 9.81 Å². The maximum absolute atomic E-state index is 13.6. The Bertz CT molecular complexity index is 1280. The van der Waals surface area contributed by atoms with Crippen LogP contribution in [0.15, 0.2) is 63.1 Å². The van der Waals surface area contributed by atoms with E-state index in [1.165, 1.54) is 29.2 Å². The molecule has 1 atom stereocenters. The smallest absolute Gasteiger partial charge is 0.283 e. The number of sulfonamides is 1. The molecule has 0 fully saturated rings. The number of halogens is 2. The van der Waals surface area contributed by atoms with Crippen LogP contribution in [-0.2, 0) is 21.4 Å². The molecule has 0 aliphatic carbocycles. The summed E-state index contributed by atoms with van der Waals surface area (Å²) in [5.74, 6) is -1.37. The Balaban J connectivity index is 1.82. The van der Waals surface area contributed by atoms with Crippen LogP contribution in [0, 0.1) is 11.2 Å². The number of carbonyl (C=O) groups excluding carboxylic acids is 1. The minimum Gasteiger partial charge on any atom is -0.509 e. The van der Waals surface area contributed by atoms with E-state index in [0.717, 1.165) is 0 Å². The number of benzene rings is 2. The van der Waals surface area contributed by atoms with Gasteiger partial charge in [-0.1, -0.05) is 56.6 Å². The molecule has 31 heavy (non-hydrogen) atoms. The van der Waals surface area contributed by atoms with E-state index in [0.29, 0.717) is 5.56 Å². The number of rotatable bonds is 3. The van der Waals surface area contributed by atoms with Crippen LogP contribution < -0.4 is 0 Å². The summed E-state index contributed by atoms with van der Waals surface area (Å²) in [6, 6.07) is 9.59. The van der Waals surface area contributed by atoms with Crippen molar-refractivity contribution >= 4 is 33.2 Å². The van der Waals surface area contributed by atoms with Crippen LogP contribution >= 0.6 is 11.6 Å². The first kappa shape index (κ1) is 21.5. The zero-order chi connectivity index (χ0) is 22.7. The number of hydrogen-bond donors (Lipinski definition) is 1. The van der Waals surface area contributed by atoms with E-state index in [4.69, 9.17) is 11.6 Å².